The summed E-state index contributed by atoms with van der Waals surface area (Å²) < 4.78 is 5.25. The summed E-state index contributed by atoms with van der Waals surface area (Å²) in [5, 5.41) is 0. The number of carbonyl (C=O) groups is 1. The maximum atomic E-state index is 11.1. The van der Waals surface area contributed by atoms with Crippen molar-refractivity contribution in [2.45, 2.75) is 43.6 Å². The van der Waals surface area contributed by atoms with E-state index in [-0.39, 0.29) is 21.4 Å². The van der Waals surface area contributed by atoms with Gasteiger partial charge in [-0.2, -0.15) is 0 Å². The molecule has 1 rings (SSSR count). The molecule has 0 spiro atoms. The Morgan fingerprint density at radius 1 is 1.57 bits per heavy atom. The molecule has 0 bridgehead atoms. The zero-order valence-corrected chi connectivity index (χ0v) is 11.1. The highest BCUT2D eigenvalue weighted by Crippen LogP contribution is 2.25. The zero-order valence-electron chi connectivity index (χ0n) is 8.92. The van der Waals surface area contributed by atoms with Crippen LogP contribution in [0, 0.1) is 5.41 Å². The van der Waals surface area contributed by atoms with E-state index in [0.29, 0.717) is 0 Å². The molecule has 0 aliphatic carbocycles. The van der Waals surface area contributed by atoms with E-state index < -0.39 is 0 Å². The van der Waals surface area contributed by atoms with Crippen LogP contribution in [0.1, 0.15) is 33.6 Å². The molecule has 14 heavy (non-hydrogen) atoms. The molecule has 1 aliphatic rings. The number of ether oxygens (including phenoxy) is 1. The van der Waals surface area contributed by atoms with Gasteiger partial charge in [0.15, 0.2) is 0 Å². The molecule has 2 atom stereocenters. The van der Waals surface area contributed by atoms with Crippen molar-refractivity contribution < 1.29 is 9.53 Å². The largest absolute Gasteiger partial charge is 0.461 e. The summed E-state index contributed by atoms with van der Waals surface area (Å²) in [6.07, 6.45) is 6.09. The van der Waals surface area contributed by atoms with Gasteiger partial charge in [0.2, 0.25) is 0 Å². The van der Waals surface area contributed by atoms with Crippen LogP contribution in [0.15, 0.2) is 12.2 Å². The Hall–Kier alpha value is -0.0600. The maximum Gasteiger partial charge on any atom is 0.319 e. The number of esters is 1. The fourth-order valence-electron chi connectivity index (χ4n) is 1.33. The second kappa shape index (κ2) is 4.64. The first-order chi connectivity index (χ1) is 6.38. The first-order valence-electron chi connectivity index (χ1n) is 4.91. The van der Waals surface area contributed by atoms with E-state index in [2.05, 4.69) is 55.5 Å². The van der Waals surface area contributed by atoms with Gasteiger partial charge in [-0.15, -0.1) is 0 Å². The number of hydrogen-bond acceptors (Lipinski definition) is 2. The second-order valence-corrected chi connectivity index (χ2v) is 6.27. The Kier molecular flexibility index (Phi) is 3.98. The van der Waals surface area contributed by atoms with Gasteiger partial charge in [-0.05, 0) is 5.41 Å². The average molecular weight is 308 g/mol. The molecule has 0 aromatic heterocycles. The predicted octanol–water partition coefficient (Wildman–Crippen LogP) is 3.10. The SMILES string of the molecule is CC(C)(C)/C=C/C[C@H]1C[C@@H](I)C(=O)O1. The summed E-state index contributed by atoms with van der Waals surface area (Å²) in [7, 11) is 0. The minimum absolute atomic E-state index is 0.0558. The minimum atomic E-state index is -0.0558. The van der Waals surface area contributed by atoms with E-state index in [1.807, 2.05) is 0 Å². The van der Waals surface area contributed by atoms with E-state index in [1.54, 1.807) is 0 Å². The third-order valence-electron chi connectivity index (χ3n) is 2.03. The fourth-order valence-corrected chi connectivity index (χ4v) is 2.04. The van der Waals surface area contributed by atoms with E-state index in [9.17, 15) is 4.79 Å². The van der Waals surface area contributed by atoms with Gasteiger partial charge in [-0.3, -0.25) is 4.79 Å². The van der Waals surface area contributed by atoms with Crippen molar-refractivity contribution in [3.05, 3.63) is 12.2 Å². The highest BCUT2D eigenvalue weighted by Gasteiger charge is 2.31. The quantitative estimate of drug-likeness (QED) is 0.339. The van der Waals surface area contributed by atoms with Crippen molar-refractivity contribution in [3.63, 3.8) is 0 Å². The van der Waals surface area contributed by atoms with Crippen LogP contribution in [-0.4, -0.2) is 16.0 Å². The van der Waals surface area contributed by atoms with Gasteiger partial charge in [0.1, 0.15) is 10.0 Å². The molecule has 1 heterocycles. The van der Waals surface area contributed by atoms with Gasteiger partial charge < -0.3 is 4.74 Å². The maximum absolute atomic E-state index is 11.1. The van der Waals surface area contributed by atoms with Crippen LogP contribution >= 0.6 is 22.6 Å². The Bertz CT molecular complexity index is 240. The molecular formula is C11H17IO2. The first-order valence-corrected chi connectivity index (χ1v) is 6.15. The summed E-state index contributed by atoms with van der Waals surface area (Å²) in [5.74, 6) is -0.0558. The fraction of sp³-hybridized carbons (Fsp3) is 0.727. The van der Waals surface area contributed by atoms with E-state index >= 15 is 0 Å². The van der Waals surface area contributed by atoms with Crippen molar-refractivity contribution in [2.75, 3.05) is 0 Å². The van der Waals surface area contributed by atoms with Crippen molar-refractivity contribution in [1.82, 2.24) is 0 Å². The minimum Gasteiger partial charge on any atom is -0.461 e. The number of cyclic esters (lactones) is 1. The smallest absolute Gasteiger partial charge is 0.319 e. The number of alkyl halides is 1. The molecule has 0 unspecified atom stereocenters. The van der Waals surface area contributed by atoms with Gasteiger partial charge in [-0.25, -0.2) is 0 Å². The zero-order chi connectivity index (χ0) is 10.8. The van der Waals surface area contributed by atoms with E-state index in [4.69, 9.17) is 4.74 Å². The lowest BCUT2D eigenvalue weighted by molar-refractivity contribution is -0.140. The summed E-state index contributed by atoms with van der Waals surface area (Å²) >= 11 is 2.14. The van der Waals surface area contributed by atoms with Gasteiger partial charge in [0, 0.05) is 12.8 Å². The molecule has 1 aliphatic heterocycles. The summed E-state index contributed by atoms with van der Waals surface area (Å²) in [6, 6.07) is 0. The molecule has 80 valence electrons. The summed E-state index contributed by atoms with van der Waals surface area (Å²) in [5.41, 5.74) is 0.215. The molecule has 1 saturated heterocycles. The molecule has 0 amide bonds. The third-order valence-corrected chi connectivity index (χ3v) is 3.04. The van der Waals surface area contributed by atoms with Crippen LogP contribution in [-0.2, 0) is 9.53 Å². The third kappa shape index (κ3) is 3.98. The van der Waals surface area contributed by atoms with Gasteiger partial charge in [0.05, 0.1) is 0 Å². The van der Waals surface area contributed by atoms with Gasteiger partial charge in [-0.1, -0.05) is 55.5 Å². The number of carbonyl (C=O) groups excluding carboxylic acids is 1. The van der Waals surface area contributed by atoms with Crippen LogP contribution in [0.4, 0.5) is 0 Å². The van der Waals surface area contributed by atoms with Gasteiger partial charge >= 0.3 is 5.97 Å². The Morgan fingerprint density at radius 3 is 2.64 bits per heavy atom. The topological polar surface area (TPSA) is 26.3 Å². The highest BCUT2D eigenvalue weighted by atomic mass is 127. The molecular weight excluding hydrogens is 291 g/mol. The lowest BCUT2D eigenvalue weighted by Gasteiger charge is -2.12. The molecule has 0 aromatic carbocycles. The number of hydrogen-bond donors (Lipinski definition) is 0. The van der Waals surface area contributed by atoms with Crippen molar-refractivity contribution in [3.8, 4) is 0 Å². The first kappa shape index (κ1) is 12.0. The average Bonchev–Trinajstić information content (AvgIpc) is 2.28. The van der Waals surface area contributed by atoms with Crippen LogP contribution in [0.3, 0.4) is 0 Å². The summed E-state index contributed by atoms with van der Waals surface area (Å²) in [4.78, 5) is 11.1. The van der Waals surface area contributed by atoms with Crippen LogP contribution in [0.5, 0.6) is 0 Å². The van der Waals surface area contributed by atoms with Crippen LogP contribution in [0.2, 0.25) is 0 Å². The highest BCUT2D eigenvalue weighted by molar-refractivity contribution is 14.1. The van der Waals surface area contributed by atoms with E-state index in [0.717, 1.165) is 12.8 Å². The van der Waals surface area contributed by atoms with Crippen molar-refractivity contribution in [2.24, 2.45) is 5.41 Å². The molecule has 3 heteroatoms. The number of allylic oxidation sites excluding steroid dienone is 1. The molecule has 2 nitrogen and oxygen atoms in total. The molecule has 0 aromatic rings. The normalized spacial score (nSPS) is 28.4. The van der Waals surface area contributed by atoms with Gasteiger partial charge in [0.25, 0.3) is 0 Å². The van der Waals surface area contributed by atoms with Crippen molar-refractivity contribution in [1.29, 1.82) is 0 Å². The monoisotopic (exact) mass is 308 g/mol. The summed E-state index contributed by atoms with van der Waals surface area (Å²) in [6.45, 7) is 6.47. The van der Waals surface area contributed by atoms with Crippen molar-refractivity contribution >= 4 is 28.6 Å². The molecule has 0 saturated carbocycles. The lowest BCUT2D eigenvalue weighted by atomic mass is 9.95. The molecule has 0 radical (unpaired) electrons. The molecule has 0 N–H and O–H groups in total. The standard InChI is InChI=1S/C11H17IO2/c1-11(2,3)6-4-5-8-7-9(12)10(13)14-8/h4,6,8-9H,5,7H2,1-3H3/b6-4+/t8-,9+/m0/s1. The number of halogens is 1. The molecule has 1 fully saturated rings. The Morgan fingerprint density at radius 2 is 2.21 bits per heavy atom. The Labute approximate surface area is 99.2 Å². The number of rotatable bonds is 2. The van der Waals surface area contributed by atoms with E-state index in [1.165, 1.54) is 0 Å². The lowest BCUT2D eigenvalue weighted by Crippen LogP contribution is -2.06. The second-order valence-electron chi connectivity index (χ2n) is 4.77. The van der Waals surface area contributed by atoms with Crippen LogP contribution < -0.4 is 0 Å². The Balaban J connectivity index is 2.34. The predicted molar refractivity (Wildman–Crippen MR) is 65.5 cm³/mol. The van der Waals surface area contributed by atoms with Crippen LogP contribution in [0.25, 0.3) is 0 Å².